The molecule has 0 spiro atoms. The lowest BCUT2D eigenvalue weighted by Gasteiger charge is -2.07. The molecule has 4 rings (SSSR count). The molecule has 0 saturated heterocycles. The number of aromatic nitrogens is 3. The molecule has 0 aliphatic carbocycles. The molecule has 31 heavy (non-hydrogen) atoms. The van der Waals surface area contributed by atoms with Gasteiger partial charge < -0.3 is 10.1 Å². The van der Waals surface area contributed by atoms with Crippen LogP contribution >= 0.6 is 0 Å². The summed E-state index contributed by atoms with van der Waals surface area (Å²) in [7, 11) is 0. The highest BCUT2D eigenvalue weighted by Gasteiger charge is 2.19. The second-order valence-electron chi connectivity index (χ2n) is 6.97. The van der Waals surface area contributed by atoms with Crippen LogP contribution in [-0.4, -0.2) is 27.3 Å². The van der Waals surface area contributed by atoms with Gasteiger partial charge in [-0.15, -0.1) is 5.10 Å². The zero-order valence-corrected chi connectivity index (χ0v) is 17.6. The van der Waals surface area contributed by atoms with Crippen molar-refractivity contribution in [2.75, 3.05) is 11.9 Å². The highest BCUT2D eigenvalue weighted by atomic mass is 16.5. The van der Waals surface area contributed by atoms with Gasteiger partial charge in [-0.1, -0.05) is 49.4 Å². The third-order valence-corrected chi connectivity index (χ3v) is 4.85. The normalized spacial score (nSPS) is 10.6. The number of carbonyl (C=O) groups is 1. The number of rotatable bonds is 7. The number of carbonyl (C=O) groups excluding carboxylic acids is 1. The summed E-state index contributed by atoms with van der Waals surface area (Å²) < 4.78 is 7.21. The first-order valence-corrected chi connectivity index (χ1v) is 10.3. The molecule has 1 aromatic heterocycles. The maximum absolute atomic E-state index is 12.9. The van der Waals surface area contributed by atoms with E-state index in [2.05, 4.69) is 22.3 Å². The molecule has 0 unspecified atom stereocenters. The van der Waals surface area contributed by atoms with Crippen LogP contribution in [0.4, 0.5) is 5.69 Å². The molecule has 0 saturated carbocycles. The Bertz CT molecular complexity index is 1150. The first-order valence-electron chi connectivity index (χ1n) is 10.3. The fourth-order valence-corrected chi connectivity index (χ4v) is 3.22. The van der Waals surface area contributed by atoms with Crippen molar-refractivity contribution >= 4 is 11.6 Å². The molecule has 0 fully saturated rings. The van der Waals surface area contributed by atoms with Crippen molar-refractivity contribution in [2.45, 2.75) is 20.3 Å². The smallest absolute Gasteiger partial charge is 0.295 e. The van der Waals surface area contributed by atoms with E-state index in [0.717, 1.165) is 23.4 Å². The summed E-state index contributed by atoms with van der Waals surface area (Å²) in [6, 6.07) is 25.0. The second kappa shape index (κ2) is 9.26. The minimum Gasteiger partial charge on any atom is -0.494 e. The number of nitrogens with zero attached hydrogens (tertiary/aromatic N) is 3. The lowest BCUT2D eigenvalue weighted by atomic mass is 10.1. The Morgan fingerprint density at radius 3 is 2.29 bits per heavy atom. The Kier molecular flexibility index (Phi) is 6.08. The number of anilines is 1. The van der Waals surface area contributed by atoms with Crippen LogP contribution in [-0.2, 0) is 6.42 Å². The molecule has 156 valence electrons. The number of hydrogen-bond acceptors (Lipinski definition) is 4. The summed E-state index contributed by atoms with van der Waals surface area (Å²) in [5.41, 5.74) is 3.58. The average Bonchev–Trinajstić information content (AvgIpc) is 3.27. The molecule has 6 nitrogen and oxygen atoms in total. The van der Waals surface area contributed by atoms with Crippen molar-refractivity contribution in [1.82, 2.24) is 14.8 Å². The van der Waals surface area contributed by atoms with E-state index in [-0.39, 0.29) is 11.7 Å². The van der Waals surface area contributed by atoms with Crippen LogP contribution in [0.2, 0.25) is 0 Å². The summed E-state index contributed by atoms with van der Waals surface area (Å²) in [5.74, 6) is 1.12. The van der Waals surface area contributed by atoms with E-state index in [0.29, 0.717) is 18.1 Å². The van der Waals surface area contributed by atoms with E-state index >= 15 is 0 Å². The lowest BCUT2D eigenvalue weighted by Crippen LogP contribution is -2.14. The van der Waals surface area contributed by atoms with Gasteiger partial charge in [0.2, 0.25) is 5.82 Å². The maximum Gasteiger partial charge on any atom is 0.295 e. The van der Waals surface area contributed by atoms with Gasteiger partial charge in [-0.3, -0.25) is 4.79 Å². The molecule has 0 aliphatic rings. The molecule has 1 amide bonds. The van der Waals surface area contributed by atoms with Gasteiger partial charge in [-0.05, 0) is 55.3 Å². The van der Waals surface area contributed by atoms with E-state index in [1.807, 2.05) is 85.8 Å². The summed E-state index contributed by atoms with van der Waals surface area (Å²) in [6.45, 7) is 4.64. The van der Waals surface area contributed by atoms with Gasteiger partial charge in [0.25, 0.3) is 5.91 Å². The van der Waals surface area contributed by atoms with Gasteiger partial charge in [0.05, 0.1) is 12.3 Å². The molecule has 0 atom stereocenters. The van der Waals surface area contributed by atoms with Crippen molar-refractivity contribution in [3.05, 3.63) is 90.3 Å². The largest absolute Gasteiger partial charge is 0.494 e. The van der Waals surface area contributed by atoms with Gasteiger partial charge >= 0.3 is 0 Å². The van der Waals surface area contributed by atoms with Crippen LogP contribution < -0.4 is 10.1 Å². The summed E-state index contributed by atoms with van der Waals surface area (Å²) in [6.07, 6.45) is 0.947. The van der Waals surface area contributed by atoms with Crippen molar-refractivity contribution in [1.29, 1.82) is 0 Å². The fraction of sp³-hybridized carbons (Fsp3) is 0.160. The van der Waals surface area contributed by atoms with Crippen molar-refractivity contribution < 1.29 is 9.53 Å². The third kappa shape index (κ3) is 4.64. The van der Waals surface area contributed by atoms with Crippen LogP contribution in [0.1, 0.15) is 30.0 Å². The van der Waals surface area contributed by atoms with E-state index < -0.39 is 0 Å². The van der Waals surface area contributed by atoms with Gasteiger partial charge in [0.15, 0.2) is 5.82 Å². The SMILES string of the molecule is CCOc1ccc(-n2nc(C(=O)Nc3ccc(CC)cc3)nc2-c2ccccc2)cc1. The molecular weight excluding hydrogens is 388 g/mol. The quantitative estimate of drug-likeness (QED) is 0.456. The monoisotopic (exact) mass is 412 g/mol. The predicted molar refractivity (Wildman–Crippen MR) is 122 cm³/mol. The highest BCUT2D eigenvalue weighted by Crippen LogP contribution is 2.23. The molecule has 1 N–H and O–H groups in total. The van der Waals surface area contributed by atoms with Crippen molar-refractivity contribution in [3.8, 4) is 22.8 Å². The first-order chi connectivity index (χ1) is 15.2. The topological polar surface area (TPSA) is 69.0 Å². The Morgan fingerprint density at radius 2 is 1.65 bits per heavy atom. The Hall–Kier alpha value is -3.93. The molecule has 1 heterocycles. The summed E-state index contributed by atoms with van der Waals surface area (Å²) in [5, 5.41) is 7.40. The maximum atomic E-state index is 12.9. The molecule has 0 bridgehead atoms. The molecule has 0 radical (unpaired) electrons. The van der Waals surface area contributed by atoms with E-state index in [4.69, 9.17) is 4.74 Å². The lowest BCUT2D eigenvalue weighted by molar-refractivity contribution is 0.101. The van der Waals surface area contributed by atoms with Crippen LogP contribution in [0.5, 0.6) is 5.75 Å². The zero-order valence-electron chi connectivity index (χ0n) is 17.6. The van der Waals surface area contributed by atoms with Crippen molar-refractivity contribution in [3.63, 3.8) is 0 Å². The highest BCUT2D eigenvalue weighted by molar-refractivity contribution is 6.01. The number of amides is 1. The number of benzene rings is 3. The first kappa shape index (κ1) is 20.3. The van der Waals surface area contributed by atoms with Gasteiger partial charge in [0, 0.05) is 11.3 Å². The fourth-order valence-electron chi connectivity index (χ4n) is 3.22. The minimum atomic E-state index is -0.355. The second-order valence-corrected chi connectivity index (χ2v) is 6.97. The molecule has 4 aromatic rings. The molecule has 0 aliphatic heterocycles. The predicted octanol–water partition coefficient (Wildman–Crippen LogP) is 5.15. The standard InChI is InChI=1S/C25H24N4O2/c1-3-18-10-12-20(13-11-18)26-25(30)23-27-24(19-8-6-5-7-9-19)29(28-23)21-14-16-22(17-15-21)31-4-2/h5-17H,3-4H2,1-2H3,(H,26,30). The van der Waals surface area contributed by atoms with Crippen molar-refractivity contribution in [2.24, 2.45) is 0 Å². The summed E-state index contributed by atoms with van der Waals surface area (Å²) in [4.78, 5) is 17.4. The van der Waals surface area contributed by atoms with Crippen LogP contribution in [0.3, 0.4) is 0 Å². The van der Waals surface area contributed by atoms with Crippen LogP contribution in [0.25, 0.3) is 17.1 Å². The Morgan fingerprint density at radius 1 is 0.935 bits per heavy atom. The number of hydrogen-bond donors (Lipinski definition) is 1. The van der Waals surface area contributed by atoms with E-state index in [9.17, 15) is 4.79 Å². The third-order valence-electron chi connectivity index (χ3n) is 4.85. The van der Waals surface area contributed by atoms with Gasteiger partial charge in [-0.2, -0.15) is 0 Å². The average molecular weight is 412 g/mol. The van der Waals surface area contributed by atoms with E-state index in [1.165, 1.54) is 5.56 Å². The number of aryl methyl sites for hydroxylation is 1. The van der Waals surface area contributed by atoms with Gasteiger partial charge in [-0.25, -0.2) is 9.67 Å². The van der Waals surface area contributed by atoms with E-state index in [1.54, 1.807) is 4.68 Å². The molecular formula is C25H24N4O2. The Balaban J connectivity index is 1.68. The van der Waals surface area contributed by atoms with Crippen LogP contribution in [0.15, 0.2) is 78.9 Å². The Labute approximate surface area is 181 Å². The van der Waals surface area contributed by atoms with Gasteiger partial charge in [0.1, 0.15) is 5.75 Å². The summed E-state index contributed by atoms with van der Waals surface area (Å²) >= 11 is 0. The number of ether oxygens (including phenoxy) is 1. The zero-order chi connectivity index (χ0) is 21.6. The minimum absolute atomic E-state index is 0.104. The molecule has 6 heteroatoms. The number of nitrogens with one attached hydrogen (secondary N) is 1. The van der Waals surface area contributed by atoms with Crippen LogP contribution in [0, 0.1) is 0 Å². The molecule has 3 aromatic carbocycles.